The number of methoxy groups -OCH3 is 1. The van der Waals surface area contributed by atoms with Crippen LogP contribution in [0.15, 0.2) is 73.1 Å². The van der Waals surface area contributed by atoms with Crippen LogP contribution in [0.5, 0.6) is 11.5 Å². The minimum atomic E-state index is -4.45. The van der Waals surface area contributed by atoms with Gasteiger partial charge in [-0.2, -0.15) is 13.2 Å². The Morgan fingerprint density at radius 3 is 2.54 bits per heavy atom. The van der Waals surface area contributed by atoms with Crippen molar-refractivity contribution in [1.82, 2.24) is 14.5 Å². The Hall–Kier alpha value is -4.01. The minimum absolute atomic E-state index is 0.0258. The van der Waals surface area contributed by atoms with E-state index >= 15 is 0 Å². The Labute approximate surface area is 199 Å². The van der Waals surface area contributed by atoms with Crippen LogP contribution >= 0.6 is 0 Å². The molecular formula is C26H22F3N3O3. The maximum absolute atomic E-state index is 13.1. The molecular weight excluding hydrogens is 459 g/mol. The normalized spacial score (nSPS) is 14.1. The second kappa shape index (κ2) is 8.98. The van der Waals surface area contributed by atoms with Crippen LogP contribution < -0.4 is 9.47 Å². The molecule has 0 bridgehead atoms. The summed E-state index contributed by atoms with van der Waals surface area (Å²) in [5, 5.41) is 0. The molecule has 5 rings (SSSR count). The van der Waals surface area contributed by atoms with Crippen molar-refractivity contribution in [3.63, 3.8) is 0 Å². The van der Waals surface area contributed by atoms with E-state index in [9.17, 15) is 18.0 Å². The van der Waals surface area contributed by atoms with Gasteiger partial charge >= 0.3 is 6.18 Å². The Morgan fingerprint density at radius 2 is 1.83 bits per heavy atom. The molecule has 4 aromatic rings. The van der Waals surface area contributed by atoms with Crippen molar-refractivity contribution in [2.24, 2.45) is 0 Å². The van der Waals surface area contributed by atoms with Gasteiger partial charge in [0.25, 0.3) is 0 Å². The lowest BCUT2D eigenvalue weighted by molar-refractivity contribution is -0.140. The number of hydrogen-bond acceptors (Lipinski definition) is 4. The lowest BCUT2D eigenvalue weighted by Gasteiger charge is -2.39. The van der Waals surface area contributed by atoms with E-state index in [2.05, 4.69) is 4.98 Å². The first kappa shape index (κ1) is 22.8. The molecule has 2 heterocycles. The van der Waals surface area contributed by atoms with Crippen LogP contribution in [0.2, 0.25) is 0 Å². The summed E-state index contributed by atoms with van der Waals surface area (Å²) in [6.07, 6.45) is -2.89. The Balaban J connectivity index is 1.28. The van der Waals surface area contributed by atoms with Crippen molar-refractivity contribution in [3.8, 4) is 22.6 Å². The van der Waals surface area contributed by atoms with Crippen molar-refractivity contribution >= 4 is 16.9 Å². The van der Waals surface area contributed by atoms with Crippen molar-refractivity contribution < 1.29 is 27.4 Å². The van der Waals surface area contributed by atoms with E-state index in [1.165, 1.54) is 13.2 Å². The van der Waals surface area contributed by atoms with E-state index < -0.39 is 11.7 Å². The number of aromatic nitrogens is 2. The number of alkyl halides is 3. The average Bonchev–Trinajstić information content (AvgIpc) is 3.22. The molecule has 1 fully saturated rings. The van der Waals surface area contributed by atoms with Crippen molar-refractivity contribution in [2.75, 3.05) is 20.2 Å². The van der Waals surface area contributed by atoms with Gasteiger partial charge in [0, 0.05) is 5.56 Å². The Morgan fingerprint density at radius 1 is 1.06 bits per heavy atom. The number of rotatable bonds is 6. The average molecular weight is 481 g/mol. The maximum Gasteiger partial charge on any atom is 0.416 e. The zero-order valence-corrected chi connectivity index (χ0v) is 18.8. The van der Waals surface area contributed by atoms with Gasteiger partial charge in [0.05, 0.1) is 43.1 Å². The minimum Gasteiger partial charge on any atom is -0.496 e. The quantitative estimate of drug-likeness (QED) is 0.388. The summed E-state index contributed by atoms with van der Waals surface area (Å²) in [6.45, 7) is 1.19. The number of amides is 1. The molecule has 0 N–H and O–H groups in total. The summed E-state index contributed by atoms with van der Waals surface area (Å²) in [7, 11) is 1.34. The molecule has 6 nitrogen and oxygen atoms in total. The van der Waals surface area contributed by atoms with E-state index in [4.69, 9.17) is 9.47 Å². The maximum atomic E-state index is 13.1. The van der Waals surface area contributed by atoms with E-state index in [-0.39, 0.29) is 24.3 Å². The molecule has 0 aliphatic carbocycles. The third kappa shape index (κ3) is 4.66. The fourth-order valence-electron chi connectivity index (χ4n) is 4.12. The van der Waals surface area contributed by atoms with Crippen LogP contribution in [0, 0.1) is 0 Å². The number of carbonyl (C=O) groups is 1. The molecule has 35 heavy (non-hydrogen) atoms. The van der Waals surface area contributed by atoms with Crippen molar-refractivity contribution in [3.05, 3.63) is 78.6 Å². The predicted octanol–water partition coefficient (Wildman–Crippen LogP) is 5.02. The molecule has 0 spiro atoms. The number of likely N-dealkylation sites (tertiary alicyclic amines) is 1. The number of nitrogens with zero attached hydrogens (tertiary/aromatic N) is 3. The molecule has 1 aromatic heterocycles. The fourth-order valence-corrected chi connectivity index (χ4v) is 4.12. The summed E-state index contributed by atoms with van der Waals surface area (Å²) >= 11 is 0. The Kier molecular flexibility index (Phi) is 5.84. The molecule has 180 valence electrons. The summed E-state index contributed by atoms with van der Waals surface area (Å²) in [6, 6.07) is 18.3. The van der Waals surface area contributed by atoms with Crippen LogP contribution in [0.25, 0.3) is 22.2 Å². The van der Waals surface area contributed by atoms with Gasteiger partial charge in [-0.15, -0.1) is 0 Å². The molecule has 1 aliphatic heterocycles. The van der Waals surface area contributed by atoms with Crippen LogP contribution in [-0.4, -0.2) is 46.7 Å². The fraction of sp³-hybridized carbons (Fsp3) is 0.231. The predicted molar refractivity (Wildman–Crippen MR) is 124 cm³/mol. The van der Waals surface area contributed by atoms with Crippen LogP contribution in [0.4, 0.5) is 13.2 Å². The first-order chi connectivity index (χ1) is 16.8. The molecule has 0 radical (unpaired) electrons. The highest BCUT2D eigenvalue weighted by atomic mass is 19.4. The van der Waals surface area contributed by atoms with E-state index in [1.54, 1.807) is 34.0 Å². The number of hydrogen-bond donors (Lipinski definition) is 0. The zero-order chi connectivity index (χ0) is 24.6. The van der Waals surface area contributed by atoms with Crippen molar-refractivity contribution in [1.29, 1.82) is 0 Å². The molecule has 0 atom stereocenters. The molecule has 9 heteroatoms. The molecule has 1 amide bonds. The van der Waals surface area contributed by atoms with Gasteiger partial charge < -0.3 is 18.9 Å². The molecule has 3 aromatic carbocycles. The Bertz CT molecular complexity index is 1360. The van der Waals surface area contributed by atoms with Gasteiger partial charge in [-0.3, -0.25) is 4.79 Å². The van der Waals surface area contributed by atoms with E-state index in [0.717, 1.165) is 23.4 Å². The highest BCUT2D eigenvalue weighted by Gasteiger charge is 2.33. The molecule has 0 saturated carbocycles. The second-order valence-corrected chi connectivity index (χ2v) is 8.34. The topological polar surface area (TPSA) is 56.6 Å². The van der Waals surface area contributed by atoms with Gasteiger partial charge in [0.2, 0.25) is 5.91 Å². The number of ether oxygens (including phenoxy) is 2. The van der Waals surface area contributed by atoms with Crippen molar-refractivity contribution in [2.45, 2.75) is 18.8 Å². The standard InChI is InChI=1S/C26H22F3N3O3/c1-34-24-12-18(26(27,28)29)8-9-21(24)17-7-10-23-22(11-17)30-16-32(23)15-25(33)31-13-20(14-31)35-19-5-3-2-4-6-19/h2-12,16,20H,13-15H2,1H3. The molecule has 1 aliphatic rings. The number of fused-ring (bicyclic) bond motifs is 1. The number of carbonyl (C=O) groups excluding carboxylic acids is 1. The first-order valence-electron chi connectivity index (χ1n) is 11.0. The highest BCUT2D eigenvalue weighted by molar-refractivity contribution is 5.85. The molecule has 1 saturated heterocycles. The van der Waals surface area contributed by atoms with Crippen LogP contribution in [0.1, 0.15) is 5.56 Å². The number of imidazole rings is 1. The number of para-hydroxylation sites is 1. The van der Waals surface area contributed by atoms with Gasteiger partial charge in [0.1, 0.15) is 24.1 Å². The lowest BCUT2D eigenvalue weighted by Crippen LogP contribution is -2.56. The smallest absolute Gasteiger partial charge is 0.416 e. The van der Waals surface area contributed by atoms with Gasteiger partial charge in [-0.1, -0.05) is 30.3 Å². The lowest BCUT2D eigenvalue weighted by atomic mass is 10.0. The SMILES string of the molecule is COc1cc(C(F)(F)F)ccc1-c1ccc2c(c1)ncn2CC(=O)N1CC(Oc2ccccc2)C1. The first-order valence-corrected chi connectivity index (χ1v) is 11.0. The summed E-state index contributed by atoms with van der Waals surface area (Å²) in [4.78, 5) is 18.9. The summed E-state index contributed by atoms with van der Waals surface area (Å²) in [5.74, 6) is 0.871. The van der Waals surface area contributed by atoms with Gasteiger partial charge in [-0.05, 0) is 42.0 Å². The molecule has 0 unspecified atom stereocenters. The third-order valence-corrected chi connectivity index (χ3v) is 6.01. The third-order valence-electron chi connectivity index (χ3n) is 6.01. The highest BCUT2D eigenvalue weighted by Crippen LogP contribution is 2.37. The summed E-state index contributed by atoms with van der Waals surface area (Å²) in [5.41, 5.74) is 1.81. The number of benzene rings is 3. The van der Waals surface area contributed by atoms with Crippen LogP contribution in [-0.2, 0) is 17.5 Å². The van der Waals surface area contributed by atoms with E-state index in [0.29, 0.717) is 29.7 Å². The zero-order valence-electron chi connectivity index (χ0n) is 18.8. The van der Waals surface area contributed by atoms with Gasteiger partial charge in [-0.25, -0.2) is 4.98 Å². The van der Waals surface area contributed by atoms with Crippen LogP contribution in [0.3, 0.4) is 0 Å². The summed E-state index contributed by atoms with van der Waals surface area (Å²) < 4.78 is 52.0. The monoisotopic (exact) mass is 481 g/mol. The number of halogens is 3. The van der Waals surface area contributed by atoms with Gasteiger partial charge in [0.15, 0.2) is 0 Å². The van der Waals surface area contributed by atoms with E-state index in [1.807, 2.05) is 30.3 Å². The largest absolute Gasteiger partial charge is 0.496 e. The second-order valence-electron chi connectivity index (χ2n) is 8.34.